The van der Waals surface area contributed by atoms with Crippen LogP contribution in [0.15, 0.2) is 24.3 Å². The highest BCUT2D eigenvalue weighted by Crippen LogP contribution is 2.38. The van der Waals surface area contributed by atoms with Crippen molar-refractivity contribution < 1.29 is 9.47 Å². The molecule has 94 valence electrons. The summed E-state index contributed by atoms with van der Waals surface area (Å²) in [5.74, 6) is 0.912. The molecule has 2 N–H and O–H groups in total. The molecule has 1 aliphatic rings. The highest BCUT2D eigenvalue weighted by atomic mass is 16.5. The van der Waals surface area contributed by atoms with Crippen molar-refractivity contribution in [2.24, 2.45) is 5.73 Å². The summed E-state index contributed by atoms with van der Waals surface area (Å²) in [6, 6.07) is 8.54. The van der Waals surface area contributed by atoms with Crippen molar-refractivity contribution in [3.63, 3.8) is 0 Å². The van der Waals surface area contributed by atoms with Gasteiger partial charge in [0.2, 0.25) is 0 Å². The highest BCUT2D eigenvalue weighted by molar-refractivity contribution is 5.35. The molecule has 1 fully saturated rings. The zero-order valence-corrected chi connectivity index (χ0v) is 10.6. The van der Waals surface area contributed by atoms with Crippen molar-refractivity contribution in [2.75, 3.05) is 20.3 Å². The summed E-state index contributed by atoms with van der Waals surface area (Å²) in [5.41, 5.74) is 7.31. The van der Waals surface area contributed by atoms with E-state index < -0.39 is 0 Å². The fourth-order valence-electron chi connectivity index (χ4n) is 2.26. The van der Waals surface area contributed by atoms with Gasteiger partial charge in [0.25, 0.3) is 0 Å². The molecule has 3 heteroatoms. The van der Waals surface area contributed by atoms with Crippen LogP contribution in [0.1, 0.15) is 25.3 Å². The van der Waals surface area contributed by atoms with E-state index in [9.17, 15) is 0 Å². The third-order valence-corrected chi connectivity index (χ3v) is 3.52. The molecule has 1 aliphatic heterocycles. The standard InChI is InChI=1S/C14H21NO2/c1-11(15)6-7-14(9-17-10-14)12-4-3-5-13(8-12)16-2/h3-5,8,11H,6-7,9-10,15H2,1-2H3. The first-order valence-electron chi connectivity index (χ1n) is 6.14. The highest BCUT2D eigenvalue weighted by Gasteiger charge is 2.40. The van der Waals surface area contributed by atoms with E-state index in [-0.39, 0.29) is 11.5 Å². The molecule has 0 bridgehead atoms. The normalized spacial score (nSPS) is 19.5. The zero-order valence-electron chi connectivity index (χ0n) is 10.6. The van der Waals surface area contributed by atoms with E-state index in [4.69, 9.17) is 15.2 Å². The van der Waals surface area contributed by atoms with Crippen molar-refractivity contribution in [1.82, 2.24) is 0 Å². The van der Waals surface area contributed by atoms with E-state index >= 15 is 0 Å². The maximum Gasteiger partial charge on any atom is 0.119 e. The Morgan fingerprint density at radius 1 is 1.47 bits per heavy atom. The maximum absolute atomic E-state index is 5.85. The Hall–Kier alpha value is -1.06. The summed E-state index contributed by atoms with van der Waals surface area (Å²) in [5, 5.41) is 0. The lowest BCUT2D eigenvalue weighted by atomic mass is 9.74. The van der Waals surface area contributed by atoms with Gasteiger partial charge in [0.1, 0.15) is 5.75 Å². The molecule has 1 atom stereocenters. The van der Waals surface area contributed by atoms with Gasteiger partial charge in [-0.2, -0.15) is 0 Å². The molecule has 0 saturated carbocycles. The van der Waals surface area contributed by atoms with Gasteiger partial charge in [-0.15, -0.1) is 0 Å². The molecule has 1 aromatic rings. The first-order chi connectivity index (χ1) is 8.16. The molecule has 1 aromatic carbocycles. The van der Waals surface area contributed by atoms with Crippen molar-refractivity contribution >= 4 is 0 Å². The Morgan fingerprint density at radius 2 is 2.24 bits per heavy atom. The van der Waals surface area contributed by atoms with E-state index in [1.165, 1.54) is 5.56 Å². The number of benzene rings is 1. The molecular formula is C14H21NO2. The number of nitrogens with two attached hydrogens (primary N) is 1. The number of methoxy groups -OCH3 is 1. The number of hydrogen-bond donors (Lipinski definition) is 1. The van der Waals surface area contributed by atoms with Gasteiger partial charge < -0.3 is 15.2 Å². The van der Waals surface area contributed by atoms with Gasteiger partial charge >= 0.3 is 0 Å². The molecule has 0 amide bonds. The number of rotatable bonds is 5. The topological polar surface area (TPSA) is 44.5 Å². The minimum absolute atomic E-state index is 0.155. The van der Waals surface area contributed by atoms with Gasteiger partial charge in [-0.25, -0.2) is 0 Å². The lowest BCUT2D eigenvalue weighted by Crippen LogP contribution is -2.47. The average Bonchev–Trinajstić information content (AvgIpc) is 2.27. The van der Waals surface area contributed by atoms with E-state index in [0.29, 0.717) is 0 Å². The molecular weight excluding hydrogens is 214 g/mol. The summed E-state index contributed by atoms with van der Waals surface area (Å²) in [6.07, 6.45) is 2.11. The molecule has 0 aromatic heterocycles. The van der Waals surface area contributed by atoms with Crippen LogP contribution in [-0.4, -0.2) is 26.4 Å². The van der Waals surface area contributed by atoms with Crippen LogP contribution in [0, 0.1) is 0 Å². The number of ether oxygens (including phenoxy) is 2. The largest absolute Gasteiger partial charge is 0.497 e. The SMILES string of the molecule is COc1cccc(C2(CCC(C)N)COC2)c1. The molecule has 3 nitrogen and oxygen atoms in total. The lowest BCUT2D eigenvalue weighted by molar-refractivity contribution is -0.0657. The minimum atomic E-state index is 0.155. The molecule has 2 rings (SSSR count). The molecule has 1 saturated heterocycles. The van der Waals surface area contributed by atoms with Gasteiger partial charge in [-0.3, -0.25) is 0 Å². The Morgan fingerprint density at radius 3 is 2.76 bits per heavy atom. The second-order valence-corrected chi connectivity index (χ2v) is 5.02. The maximum atomic E-state index is 5.85. The third kappa shape index (κ3) is 2.61. The van der Waals surface area contributed by atoms with Crippen molar-refractivity contribution in [3.05, 3.63) is 29.8 Å². The summed E-state index contributed by atoms with van der Waals surface area (Å²) in [7, 11) is 1.70. The van der Waals surface area contributed by atoms with Crippen LogP contribution in [-0.2, 0) is 10.2 Å². The predicted octanol–water partition coefficient (Wildman–Crippen LogP) is 2.09. The second kappa shape index (κ2) is 5.07. The minimum Gasteiger partial charge on any atom is -0.497 e. The second-order valence-electron chi connectivity index (χ2n) is 5.02. The summed E-state index contributed by atoms with van der Waals surface area (Å²) >= 11 is 0. The monoisotopic (exact) mass is 235 g/mol. The van der Waals surface area contributed by atoms with E-state index in [1.54, 1.807) is 7.11 Å². The summed E-state index contributed by atoms with van der Waals surface area (Å²) in [6.45, 7) is 3.65. The van der Waals surface area contributed by atoms with Gasteiger partial charge in [-0.05, 0) is 37.5 Å². The summed E-state index contributed by atoms with van der Waals surface area (Å²) in [4.78, 5) is 0. The molecule has 1 unspecified atom stereocenters. The fraction of sp³-hybridized carbons (Fsp3) is 0.571. The number of hydrogen-bond acceptors (Lipinski definition) is 3. The zero-order chi connectivity index (χ0) is 12.3. The van der Waals surface area contributed by atoms with Gasteiger partial charge in [0.05, 0.1) is 20.3 Å². The molecule has 0 radical (unpaired) electrons. The van der Waals surface area contributed by atoms with Crippen molar-refractivity contribution in [2.45, 2.75) is 31.2 Å². The Balaban J connectivity index is 2.15. The van der Waals surface area contributed by atoms with Crippen LogP contribution in [0.4, 0.5) is 0 Å². The lowest BCUT2D eigenvalue weighted by Gasteiger charge is -2.42. The van der Waals surface area contributed by atoms with Crippen molar-refractivity contribution in [3.8, 4) is 5.75 Å². The molecule has 17 heavy (non-hydrogen) atoms. The molecule has 0 aliphatic carbocycles. The average molecular weight is 235 g/mol. The van der Waals surface area contributed by atoms with Crippen molar-refractivity contribution in [1.29, 1.82) is 0 Å². The first kappa shape index (κ1) is 12.4. The molecule has 0 spiro atoms. The Labute approximate surface area is 103 Å². The van der Waals surface area contributed by atoms with E-state index in [2.05, 4.69) is 19.1 Å². The fourth-order valence-corrected chi connectivity index (χ4v) is 2.26. The third-order valence-electron chi connectivity index (χ3n) is 3.52. The van der Waals surface area contributed by atoms with Crippen LogP contribution in [0.3, 0.4) is 0 Å². The van der Waals surface area contributed by atoms with E-state index in [1.807, 2.05) is 12.1 Å². The van der Waals surface area contributed by atoms with Crippen LogP contribution < -0.4 is 10.5 Å². The Bertz CT molecular complexity index is 372. The van der Waals surface area contributed by atoms with Crippen LogP contribution in [0.5, 0.6) is 5.75 Å². The van der Waals surface area contributed by atoms with Crippen LogP contribution >= 0.6 is 0 Å². The Kier molecular flexibility index (Phi) is 3.69. The molecule has 1 heterocycles. The smallest absolute Gasteiger partial charge is 0.119 e. The first-order valence-corrected chi connectivity index (χ1v) is 6.14. The van der Waals surface area contributed by atoms with Crippen LogP contribution in [0.25, 0.3) is 0 Å². The quantitative estimate of drug-likeness (QED) is 0.850. The predicted molar refractivity (Wildman–Crippen MR) is 68.4 cm³/mol. The van der Waals surface area contributed by atoms with E-state index in [0.717, 1.165) is 31.8 Å². The van der Waals surface area contributed by atoms with Gasteiger partial charge in [0.15, 0.2) is 0 Å². The summed E-state index contributed by atoms with van der Waals surface area (Å²) < 4.78 is 10.7. The van der Waals surface area contributed by atoms with Gasteiger partial charge in [-0.1, -0.05) is 12.1 Å². The van der Waals surface area contributed by atoms with Gasteiger partial charge in [0, 0.05) is 11.5 Å². The van der Waals surface area contributed by atoms with Crippen LogP contribution in [0.2, 0.25) is 0 Å².